The van der Waals surface area contributed by atoms with E-state index in [9.17, 15) is 0 Å². The first-order valence-electron chi connectivity index (χ1n) is 8.69. The summed E-state index contributed by atoms with van der Waals surface area (Å²) in [5, 5.41) is 0.828. The highest BCUT2D eigenvalue weighted by atomic mass is 32.1. The average Bonchev–Trinajstić information content (AvgIpc) is 3.16. The van der Waals surface area contributed by atoms with Gasteiger partial charge in [0.15, 0.2) is 21.8 Å². The fourth-order valence-electron chi connectivity index (χ4n) is 4.49. The molecule has 2 atom stereocenters. The Balaban J connectivity index is 1.50. The van der Waals surface area contributed by atoms with Crippen molar-refractivity contribution in [3.05, 3.63) is 5.82 Å². The summed E-state index contributed by atoms with van der Waals surface area (Å²) < 4.78 is 11.7. The maximum absolute atomic E-state index is 6.36. The highest BCUT2D eigenvalue weighted by molar-refractivity contribution is 7.21. The molecule has 4 saturated heterocycles. The van der Waals surface area contributed by atoms with Crippen molar-refractivity contribution in [2.24, 2.45) is 11.7 Å². The molecule has 8 nitrogen and oxygen atoms in total. The Kier molecular flexibility index (Phi) is 3.43. The van der Waals surface area contributed by atoms with Gasteiger partial charge < -0.3 is 19.3 Å². The van der Waals surface area contributed by atoms with E-state index in [4.69, 9.17) is 20.2 Å². The predicted octanol–water partition coefficient (Wildman–Crippen LogP) is 0.947. The largest absolute Gasteiger partial charge is 0.479 e. The summed E-state index contributed by atoms with van der Waals surface area (Å²) in [6, 6.07) is 0. The summed E-state index contributed by atoms with van der Waals surface area (Å²) in [5.41, 5.74) is 6.88. The van der Waals surface area contributed by atoms with Gasteiger partial charge in [0.25, 0.3) is 0 Å². The van der Waals surface area contributed by atoms with Crippen molar-refractivity contribution in [2.45, 2.75) is 31.7 Å². The van der Waals surface area contributed by atoms with Gasteiger partial charge in [-0.15, -0.1) is 0 Å². The molecule has 134 valence electrons. The third-order valence-corrected chi connectivity index (χ3v) is 6.68. The molecule has 2 unspecified atom stereocenters. The zero-order valence-electron chi connectivity index (χ0n) is 14.4. The molecule has 4 aliphatic rings. The van der Waals surface area contributed by atoms with Gasteiger partial charge in [0, 0.05) is 6.54 Å². The molecule has 1 spiro atoms. The minimum absolute atomic E-state index is 0.167. The third-order valence-electron chi connectivity index (χ3n) is 5.69. The number of nitrogens with zero attached hydrogens (tertiary/aromatic N) is 5. The second-order valence-electron chi connectivity index (χ2n) is 7.18. The minimum atomic E-state index is -0.471. The monoisotopic (exact) mass is 362 g/mol. The Bertz CT molecular complexity index is 820. The van der Waals surface area contributed by atoms with E-state index < -0.39 is 6.35 Å². The zero-order chi connectivity index (χ0) is 17.2. The summed E-state index contributed by atoms with van der Waals surface area (Å²) in [6.07, 6.45) is 1.92. The van der Waals surface area contributed by atoms with Crippen LogP contribution in [-0.4, -0.2) is 65.1 Å². The molecule has 2 aromatic rings. The number of anilines is 1. The maximum Gasteiger partial charge on any atom is 0.244 e. The number of fused-ring (bicyclic) bond motifs is 3. The predicted molar refractivity (Wildman–Crippen MR) is 94.8 cm³/mol. The molecular formula is C16H22N6O2S. The van der Waals surface area contributed by atoms with Crippen molar-refractivity contribution >= 4 is 26.8 Å². The van der Waals surface area contributed by atoms with Gasteiger partial charge in [-0.25, -0.2) is 9.97 Å². The van der Waals surface area contributed by atoms with Crippen LogP contribution in [0, 0.1) is 12.8 Å². The van der Waals surface area contributed by atoms with Crippen LogP contribution in [0.3, 0.4) is 0 Å². The highest BCUT2D eigenvalue weighted by Crippen LogP contribution is 2.45. The van der Waals surface area contributed by atoms with Gasteiger partial charge in [-0.3, -0.25) is 5.73 Å². The van der Waals surface area contributed by atoms with Crippen molar-refractivity contribution in [2.75, 3.05) is 38.2 Å². The Morgan fingerprint density at radius 3 is 2.72 bits per heavy atom. The molecule has 0 aromatic carbocycles. The van der Waals surface area contributed by atoms with E-state index in [1.807, 2.05) is 6.92 Å². The molecule has 6 rings (SSSR count). The van der Waals surface area contributed by atoms with Crippen molar-refractivity contribution in [1.29, 1.82) is 0 Å². The number of ether oxygens (including phenoxy) is 2. The van der Waals surface area contributed by atoms with Crippen LogP contribution in [-0.2, 0) is 4.74 Å². The van der Waals surface area contributed by atoms with Crippen LogP contribution < -0.4 is 15.4 Å². The van der Waals surface area contributed by atoms with Gasteiger partial charge >= 0.3 is 0 Å². The highest BCUT2D eigenvalue weighted by Gasteiger charge is 2.54. The van der Waals surface area contributed by atoms with E-state index in [-0.39, 0.29) is 5.60 Å². The lowest BCUT2D eigenvalue weighted by Gasteiger charge is -2.50. The molecule has 25 heavy (non-hydrogen) atoms. The molecule has 2 N–H and O–H groups in total. The van der Waals surface area contributed by atoms with Crippen molar-refractivity contribution < 1.29 is 9.47 Å². The first-order valence-corrected chi connectivity index (χ1v) is 9.51. The first-order chi connectivity index (χ1) is 12.1. The number of rotatable bonds is 2. The quantitative estimate of drug-likeness (QED) is 0.844. The lowest BCUT2D eigenvalue weighted by Crippen LogP contribution is -2.61. The summed E-state index contributed by atoms with van der Waals surface area (Å²) in [5.74, 6) is 1.77. The third kappa shape index (κ3) is 2.33. The van der Waals surface area contributed by atoms with E-state index in [2.05, 4.69) is 19.8 Å². The van der Waals surface area contributed by atoms with Crippen LogP contribution in [0.25, 0.3) is 10.3 Å². The number of hydrogen-bond donors (Lipinski definition) is 1. The standard InChI is InChI=1S/C16H22N6O2S/c1-9-18-12(23-2)11-13(19-9)25-15(20-11)22-8-16(24-14(22)17)7-21-5-3-10(16)4-6-21/h10,14H,3-8,17H2,1-2H3. The van der Waals surface area contributed by atoms with Crippen LogP contribution in [0.15, 0.2) is 0 Å². The van der Waals surface area contributed by atoms with Gasteiger partial charge in [-0.2, -0.15) is 4.98 Å². The van der Waals surface area contributed by atoms with E-state index >= 15 is 0 Å². The topological polar surface area (TPSA) is 89.6 Å². The number of methoxy groups -OCH3 is 1. The lowest BCUT2D eigenvalue weighted by atomic mass is 9.75. The summed E-state index contributed by atoms with van der Waals surface area (Å²) >= 11 is 1.52. The average molecular weight is 362 g/mol. The van der Waals surface area contributed by atoms with Crippen LogP contribution in [0.1, 0.15) is 18.7 Å². The summed E-state index contributed by atoms with van der Waals surface area (Å²) in [7, 11) is 1.60. The Labute approximate surface area is 149 Å². The fraction of sp³-hybridized carbons (Fsp3) is 0.688. The molecule has 0 radical (unpaired) electrons. The number of hydrogen-bond acceptors (Lipinski definition) is 9. The van der Waals surface area contributed by atoms with Crippen LogP contribution in [0.2, 0.25) is 0 Å². The molecule has 4 aliphatic heterocycles. The second kappa shape index (κ2) is 5.47. The molecule has 2 bridgehead atoms. The van der Waals surface area contributed by atoms with Gasteiger partial charge in [0.1, 0.15) is 11.4 Å². The molecule has 2 aromatic heterocycles. The van der Waals surface area contributed by atoms with Crippen molar-refractivity contribution in [1.82, 2.24) is 19.9 Å². The SMILES string of the molecule is COc1nc(C)nc2sc(N3CC4(CN5CCC4CC5)OC3N)nc12. The molecule has 9 heteroatoms. The Hall–Kier alpha value is -1.55. The number of thiazole rings is 1. The molecule has 6 heterocycles. The van der Waals surface area contributed by atoms with E-state index in [1.54, 1.807) is 7.11 Å². The number of piperidine rings is 3. The van der Waals surface area contributed by atoms with Crippen molar-refractivity contribution in [3.63, 3.8) is 0 Å². The maximum atomic E-state index is 6.36. The summed E-state index contributed by atoms with van der Waals surface area (Å²) in [4.78, 5) is 18.9. The zero-order valence-corrected chi connectivity index (χ0v) is 15.3. The molecule has 0 amide bonds. The fourth-order valence-corrected chi connectivity index (χ4v) is 5.49. The second-order valence-corrected chi connectivity index (χ2v) is 8.14. The molecule has 4 fully saturated rings. The van der Waals surface area contributed by atoms with Gasteiger partial charge in [-0.05, 0) is 38.8 Å². The van der Waals surface area contributed by atoms with E-state index in [0.717, 1.165) is 23.1 Å². The smallest absolute Gasteiger partial charge is 0.244 e. The molecule has 0 aliphatic carbocycles. The Morgan fingerprint density at radius 2 is 2.04 bits per heavy atom. The molecular weight excluding hydrogens is 340 g/mol. The number of aryl methyl sites for hydroxylation is 1. The minimum Gasteiger partial charge on any atom is -0.479 e. The van der Waals surface area contributed by atoms with Crippen LogP contribution in [0.5, 0.6) is 5.88 Å². The van der Waals surface area contributed by atoms with Crippen molar-refractivity contribution in [3.8, 4) is 5.88 Å². The van der Waals surface area contributed by atoms with Gasteiger partial charge in [-0.1, -0.05) is 11.3 Å². The van der Waals surface area contributed by atoms with Gasteiger partial charge in [0.05, 0.1) is 13.7 Å². The Morgan fingerprint density at radius 1 is 1.24 bits per heavy atom. The first kappa shape index (κ1) is 15.7. The normalized spacial score (nSPS) is 34.4. The lowest BCUT2D eigenvalue weighted by molar-refractivity contribution is -0.137. The van der Waals surface area contributed by atoms with Crippen LogP contribution >= 0.6 is 11.3 Å². The van der Waals surface area contributed by atoms with Crippen LogP contribution in [0.4, 0.5) is 5.13 Å². The van der Waals surface area contributed by atoms with E-state index in [0.29, 0.717) is 23.1 Å². The van der Waals surface area contributed by atoms with E-state index in [1.165, 1.54) is 37.3 Å². The summed E-state index contributed by atoms with van der Waals surface area (Å²) in [6.45, 7) is 5.96. The number of aromatic nitrogens is 3. The number of nitrogens with two attached hydrogens (primary N) is 1. The molecule has 0 saturated carbocycles. The van der Waals surface area contributed by atoms with Gasteiger partial charge in [0.2, 0.25) is 5.88 Å².